The molecule has 3 aromatic rings. The first-order valence-electron chi connectivity index (χ1n) is 9.77. The normalized spacial score (nSPS) is 14.8. The SMILES string of the molecule is CC.Cc1ccc(C(C)(O)N2Cc3ccccc3Cc3ccccc32)cc1. The van der Waals surface area contributed by atoms with Crippen molar-refractivity contribution in [2.75, 3.05) is 4.90 Å². The minimum atomic E-state index is -1.08. The number of aryl methyl sites for hydroxylation is 1. The standard InChI is InChI=1S/C23H23NO.C2H6/c1-17-11-13-21(14-12-17)23(2,25)24-16-20-9-4-3-7-18(20)15-19-8-5-6-10-22(19)24;1-2/h3-14,25H,15-16H2,1-2H3;1-2H3. The number of hydrogen-bond donors (Lipinski definition) is 1. The summed E-state index contributed by atoms with van der Waals surface area (Å²) < 4.78 is 0. The van der Waals surface area contributed by atoms with Crippen LogP contribution in [0.2, 0.25) is 0 Å². The van der Waals surface area contributed by atoms with Crippen LogP contribution >= 0.6 is 0 Å². The van der Waals surface area contributed by atoms with Crippen molar-refractivity contribution in [1.82, 2.24) is 0 Å². The molecule has 2 heteroatoms. The lowest BCUT2D eigenvalue weighted by atomic mass is 9.99. The van der Waals surface area contributed by atoms with Crippen molar-refractivity contribution in [3.63, 3.8) is 0 Å². The Labute approximate surface area is 163 Å². The molecule has 140 valence electrons. The fourth-order valence-electron chi connectivity index (χ4n) is 3.68. The molecule has 0 radical (unpaired) electrons. The van der Waals surface area contributed by atoms with E-state index in [1.54, 1.807) is 0 Å². The maximum atomic E-state index is 11.5. The first kappa shape index (κ1) is 19.2. The van der Waals surface area contributed by atoms with E-state index in [1.807, 2.05) is 39.0 Å². The highest BCUT2D eigenvalue weighted by Gasteiger charge is 2.34. The molecular formula is C25H29NO. The fraction of sp³-hybridized carbons (Fsp3) is 0.280. The molecule has 0 fully saturated rings. The molecule has 1 aliphatic heterocycles. The van der Waals surface area contributed by atoms with Gasteiger partial charge < -0.3 is 10.0 Å². The van der Waals surface area contributed by atoms with Gasteiger partial charge in [-0.25, -0.2) is 0 Å². The predicted molar refractivity (Wildman–Crippen MR) is 114 cm³/mol. The molecule has 0 bridgehead atoms. The van der Waals surface area contributed by atoms with Gasteiger partial charge in [-0.05, 0) is 43.0 Å². The Morgan fingerprint density at radius 1 is 0.778 bits per heavy atom. The summed E-state index contributed by atoms with van der Waals surface area (Å²) in [6.07, 6.45) is 0.896. The third-order valence-electron chi connectivity index (χ3n) is 5.23. The van der Waals surface area contributed by atoms with Gasteiger partial charge in [0.1, 0.15) is 0 Å². The van der Waals surface area contributed by atoms with Crippen LogP contribution in [0.3, 0.4) is 0 Å². The van der Waals surface area contributed by atoms with Gasteiger partial charge in [-0.1, -0.05) is 86.1 Å². The van der Waals surface area contributed by atoms with E-state index < -0.39 is 5.72 Å². The summed E-state index contributed by atoms with van der Waals surface area (Å²) in [4.78, 5) is 2.12. The number of hydrogen-bond acceptors (Lipinski definition) is 2. The van der Waals surface area contributed by atoms with E-state index in [1.165, 1.54) is 22.3 Å². The maximum absolute atomic E-state index is 11.5. The molecule has 27 heavy (non-hydrogen) atoms. The highest BCUT2D eigenvalue weighted by Crippen LogP contribution is 2.38. The first-order valence-corrected chi connectivity index (χ1v) is 9.77. The number of benzene rings is 3. The van der Waals surface area contributed by atoms with E-state index in [4.69, 9.17) is 0 Å². The molecule has 0 saturated carbocycles. The largest absolute Gasteiger partial charge is 0.367 e. The molecule has 1 aliphatic rings. The Balaban J connectivity index is 0.00000102. The Bertz CT molecular complexity index is 896. The molecule has 0 spiro atoms. The minimum Gasteiger partial charge on any atom is -0.367 e. The zero-order valence-corrected chi connectivity index (χ0v) is 16.7. The lowest BCUT2D eigenvalue weighted by Gasteiger charge is -2.39. The van der Waals surface area contributed by atoms with Crippen LogP contribution in [0.5, 0.6) is 0 Å². The molecular weight excluding hydrogens is 330 g/mol. The summed E-state index contributed by atoms with van der Waals surface area (Å²) >= 11 is 0. The lowest BCUT2D eigenvalue weighted by Crippen LogP contribution is -2.43. The van der Waals surface area contributed by atoms with Gasteiger partial charge in [0, 0.05) is 17.8 Å². The van der Waals surface area contributed by atoms with Crippen molar-refractivity contribution in [3.05, 3.63) is 101 Å². The summed E-state index contributed by atoms with van der Waals surface area (Å²) in [5, 5.41) is 11.5. The Kier molecular flexibility index (Phi) is 5.67. The van der Waals surface area contributed by atoms with Crippen LogP contribution in [-0.2, 0) is 18.7 Å². The van der Waals surface area contributed by atoms with Crippen LogP contribution in [-0.4, -0.2) is 5.11 Å². The number of rotatable bonds is 2. The topological polar surface area (TPSA) is 23.5 Å². The van der Waals surface area contributed by atoms with E-state index in [0.29, 0.717) is 6.54 Å². The number of anilines is 1. The molecule has 1 atom stereocenters. The number of para-hydroxylation sites is 1. The van der Waals surface area contributed by atoms with Crippen LogP contribution < -0.4 is 4.90 Å². The number of fused-ring (bicyclic) bond motifs is 2. The average molecular weight is 360 g/mol. The van der Waals surface area contributed by atoms with Gasteiger partial charge in [-0.15, -0.1) is 0 Å². The van der Waals surface area contributed by atoms with Crippen LogP contribution in [0.1, 0.15) is 48.6 Å². The zero-order valence-electron chi connectivity index (χ0n) is 16.7. The van der Waals surface area contributed by atoms with Crippen LogP contribution in [0.15, 0.2) is 72.8 Å². The highest BCUT2D eigenvalue weighted by atomic mass is 16.3. The average Bonchev–Trinajstić information content (AvgIpc) is 2.87. The smallest absolute Gasteiger partial charge is 0.161 e. The Hall–Kier alpha value is -2.58. The van der Waals surface area contributed by atoms with E-state index in [-0.39, 0.29) is 0 Å². The summed E-state index contributed by atoms with van der Waals surface area (Å²) in [6.45, 7) is 8.65. The summed E-state index contributed by atoms with van der Waals surface area (Å²) in [5.41, 5.74) is 5.97. The van der Waals surface area contributed by atoms with E-state index in [2.05, 4.69) is 66.4 Å². The second-order valence-corrected chi connectivity index (χ2v) is 7.05. The summed E-state index contributed by atoms with van der Waals surface area (Å²) in [5.74, 6) is 0. The van der Waals surface area contributed by atoms with Crippen molar-refractivity contribution < 1.29 is 5.11 Å². The van der Waals surface area contributed by atoms with Gasteiger partial charge in [0.2, 0.25) is 0 Å². The van der Waals surface area contributed by atoms with Crippen LogP contribution in [0.4, 0.5) is 5.69 Å². The molecule has 0 aromatic heterocycles. The minimum absolute atomic E-state index is 0.689. The number of nitrogens with zero attached hydrogens (tertiary/aromatic N) is 1. The third kappa shape index (κ3) is 3.77. The van der Waals surface area contributed by atoms with Crippen LogP contribution in [0, 0.1) is 6.92 Å². The molecule has 0 aliphatic carbocycles. The van der Waals surface area contributed by atoms with Crippen molar-refractivity contribution in [2.24, 2.45) is 0 Å². The quantitative estimate of drug-likeness (QED) is 0.625. The van der Waals surface area contributed by atoms with Crippen molar-refractivity contribution in [2.45, 2.75) is 46.4 Å². The van der Waals surface area contributed by atoms with Crippen molar-refractivity contribution >= 4 is 5.69 Å². The third-order valence-corrected chi connectivity index (χ3v) is 5.23. The Morgan fingerprint density at radius 3 is 2.00 bits per heavy atom. The fourth-order valence-corrected chi connectivity index (χ4v) is 3.68. The van der Waals surface area contributed by atoms with E-state index in [0.717, 1.165) is 17.7 Å². The predicted octanol–water partition coefficient (Wildman–Crippen LogP) is 5.80. The molecule has 4 rings (SSSR count). The molecule has 3 aromatic carbocycles. The van der Waals surface area contributed by atoms with Gasteiger partial charge in [0.25, 0.3) is 0 Å². The van der Waals surface area contributed by atoms with Crippen molar-refractivity contribution in [1.29, 1.82) is 0 Å². The van der Waals surface area contributed by atoms with Gasteiger partial charge >= 0.3 is 0 Å². The zero-order chi connectivity index (χ0) is 19.4. The Morgan fingerprint density at radius 2 is 1.33 bits per heavy atom. The monoisotopic (exact) mass is 359 g/mol. The van der Waals surface area contributed by atoms with Gasteiger partial charge in [-0.2, -0.15) is 0 Å². The second kappa shape index (κ2) is 7.98. The lowest BCUT2D eigenvalue weighted by molar-refractivity contribution is 0.0509. The van der Waals surface area contributed by atoms with Gasteiger partial charge in [0.15, 0.2) is 5.72 Å². The molecule has 0 amide bonds. The van der Waals surface area contributed by atoms with E-state index >= 15 is 0 Å². The van der Waals surface area contributed by atoms with Gasteiger partial charge in [0.05, 0.1) is 0 Å². The maximum Gasteiger partial charge on any atom is 0.161 e. The molecule has 1 N–H and O–H groups in total. The number of aliphatic hydroxyl groups is 1. The molecule has 0 saturated heterocycles. The van der Waals surface area contributed by atoms with Crippen molar-refractivity contribution in [3.8, 4) is 0 Å². The molecule has 1 heterocycles. The molecule has 1 unspecified atom stereocenters. The molecule has 2 nitrogen and oxygen atoms in total. The first-order chi connectivity index (χ1) is 13.1. The van der Waals surface area contributed by atoms with Gasteiger partial charge in [-0.3, -0.25) is 0 Å². The van der Waals surface area contributed by atoms with E-state index in [9.17, 15) is 5.11 Å². The summed E-state index contributed by atoms with van der Waals surface area (Å²) in [6, 6.07) is 25.1. The van der Waals surface area contributed by atoms with Crippen LogP contribution in [0.25, 0.3) is 0 Å². The summed E-state index contributed by atoms with van der Waals surface area (Å²) in [7, 11) is 0. The second-order valence-electron chi connectivity index (χ2n) is 7.05. The highest BCUT2D eigenvalue weighted by molar-refractivity contribution is 5.60.